The molecule has 9 heteroatoms. The van der Waals surface area contributed by atoms with E-state index < -0.39 is 33.5 Å². The van der Waals surface area contributed by atoms with Crippen LogP contribution in [0.25, 0.3) is 0 Å². The molecule has 0 saturated heterocycles. The maximum atomic E-state index is 12.8. The average Bonchev–Trinajstić information content (AvgIpc) is 3.04. The summed E-state index contributed by atoms with van der Waals surface area (Å²) >= 11 is 0. The van der Waals surface area contributed by atoms with Crippen molar-refractivity contribution in [3.63, 3.8) is 0 Å². The number of carbonyl (C=O) groups is 1. The van der Waals surface area contributed by atoms with Crippen LogP contribution in [0.3, 0.4) is 0 Å². The highest BCUT2D eigenvalue weighted by Crippen LogP contribution is 2.25. The number of hydrogen-bond acceptors (Lipinski definition) is 7. The average molecular weight is 759 g/mol. The van der Waals surface area contributed by atoms with Gasteiger partial charge in [-0.15, -0.1) is 0 Å². The van der Waals surface area contributed by atoms with E-state index in [4.69, 9.17) is 9.29 Å². The quantitative estimate of drug-likeness (QED) is 0.0229. The predicted octanol–water partition coefficient (Wildman–Crippen LogP) is 10.1. The van der Waals surface area contributed by atoms with Crippen LogP contribution in [0.4, 0.5) is 0 Å². The summed E-state index contributed by atoms with van der Waals surface area (Å²) in [6, 6.07) is 0. The lowest BCUT2D eigenvalue weighted by Gasteiger charge is -2.24. The molecule has 0 aliphatic heterocycles. The Bertz CT molecular complexity index is 1300. The third-order valence-corrected chi connectivity index (χ3v) is 9.21. The van der Waals surface area contributed by atoms with Gasteiger partial charge in [-0.1, -0.05) is 138 Å². The molecule has 0 aliphatic rings. The van der Waals surface area contributed by atoms with E-state index in [2.05, 4.69) is 93.1 Å². The first-order valence-corrected chi connectivity index (χ1v) is 21.4. The molecule has 0 aromatic carbocycles. The van der Waals surface area contributed by atoms with Gasteiger partial charge in [0.05, 0.1) is 17.9 Å². The van der Waals surface area contributed by atoms with Crippen molar-refractivity contribution in [3.05, 3.63) is 85.1 Å². The van der Waals surface area contributed by atoms with Gasteiger partial charge < -0.3 is 19.9 Å². The topological polar surface area (TPSA) is 136 Å². The molecule has 53 heavy (non-hydrogen) atoms. The van der Waals surface area contributed by atoms with Crippen LogP contribution < -0.4 is 5.11 Å². The molecule has 0 spiro atoms. The van der Waals surface area contributed by atoms with Crippen molar-refractivity contribution in [3.8, 4) is 0 Å². The Balaban J connectivity index is 4.76. The molecule has 8 nitrogen and oxygen atoms in total. The molecule has 0 rings (SSSR count). The van der Waals surface area contributed by atoms with Gasteiger partial charge in [-0.05, 0) is 95.8 Å². The molecule has 0 aromatic heterocycles. The van der Waals surface area contributed by atoms with E-state index in [0.29, 0.717) is 36.7 Å². The van der Waals surface area contributed by atoms with Crippen LogP contribution in [-0.2, 0) is 19.6 Å². The summed E-state index contributed by atoms with van der Waals surface area (Å²) in [7, 11) is -4.19. The Hall–Kier alpha value is -3.01. The number of carbonyl (C=O) groups excluding carboxylic acids is 1. The Morgan fingerprint density at radius 2 is 1.32 bits per heavy atom. The molecule has 2 N–H and O–H groups in total. The maximum Gasteiger partial charge on any atom is 0.306 e. The number of nitrogens with zero attached hydrogens (tertiary/aromatic N) is 1. The zero-order valence-corrected chi connectivity index (χ0v) is 34.4. The van der Waals surface area contributed by atoms with Crippen molar-refractivity contribution < 1.29 is 32.7 Å². The molecule has 1 unspecified atom stereocenters. The molecular formula is C44H72NO7S-. The maximum absolute atomic E-state index is 12.8. The molecule has 302 valence electrons. The van der Waals surface area contributed by atoms with Crippen molar-refractivity contribution in [1.29, 1.82) is 0 Å². The van der Waals surface area contributed by atoms with Crippen LogP contribution in [0, 0.1) is 11.8 Å². The van der Waals surface area contributed by atoms with Crippen molar-refractivity contribution in [1.82, 2.24) is 0 Å². The molecule has 3 atom stereocenters. The summed E-state index contributed by atoms with van der Waals surface area (Å²) in [5, 5.41) is 22.2. The largest absolute Gasteiger partial charge is 0.862 e. The lowest BCUT2D eigenvalue weighted by Crippen LogP contribution is -2.24. The van der Waals surface area contributed by atoms with Gasteiger partial charge in [0.2, 0.25) is 0 Å². The summed E-state index contributed by atoms with van der Waals surface area (Å²) < 4.78 is 36.6. The summed E-state index contributed by atoms with van der Waals surface area (Å²) in [6.45, 7) is 13.9. The van der Waals surface area contributed by atoms with E-state index in [9.17, 15) is 23.4 Å². The Labute approximate surface area is 323 Å². The van der Waals surface area contributed by atoms with Gasteiger partial charge in [0.25, 0.3) is 10.1 Å². The number of aliphatic hydroxyl groups is 1. The van der Waals surface area contributed by atoms with Crippen LogP contribution in [-0.4, -0.2) is 53.9 Å². The smallest absolute Gasteiger partial charge is 0.306 e. The number of rotatable bonds is 32. The SMILES string of the molecule is C=C(CC([O-])=NCCS(=O)(=O)O)CC(C[C@H](C)CCC[C@H](C)CCCC(C)(C)O)OC(=O)CC/C=C\C/C=C\C/C=C\C/C=C\C/C=C\C/C=C\CC. The van der Waals surface area contributed by atoms with E-state index >= 15 is 0 Å². The summed E-state index contributed by atoms with van der Waals surface area (Å²) in [4.78, 5) is 16.5. The first kappa shape index (κ1) is 50.0. The van der Waals surface area contributed by atoms with Gasteiger partial charge in [-0.2, -0.15) is 8.42 Å². The van der Waals surface area contributed by atoms with Crippen molar-refractivity contribution in [2.45, 2.75) is 155 Å². The number of hydrogen-bond donors (Lipinski definition) is 2. The zero-order valence-electron chi connectivity index (χ0n) is 33.6. The fraction of sp³-hybridized carbons (Fsp3) is 0.636. The number of esters is 1. The van der Waals surface area contributed by atoms with Crippen molar-refractivity contribution >= 4 is 22.0 Å². The molecule has 0 bridgehead atoms. The number of aliphatic imine (C=N–C) groups is 1. The molecule has 0 radical (unpaired) electrons. The van der Waals surface area contributed by atoms with Gasteiger partial charge in [-0.25, -0.2) is 0 Å². The zero-order chi connectivity index (χ0) is 39.8. The molecule has 0 aliphatic carbocycles. The Morgan fingerprint density at radius 3 is 1.83 bits per heavy atom. The molecule has 0 aromatic rings. The first-order valence-electron chi connectivity index (χ1n) is 19.7. The standard InChI is InChI=1S/C44H73NO7S/c1-7-8-9-10-11-12-13-14-15-16-17-18-19-20-21-22-23-24-25-31-43(47)52-41(36-40(4)37-42(46)45-33-34-53(49,50)51)35-39(3)29-26-28-38(2)30-27-32-44(5,6)48/h8-9,11-12,14-15,17-18,20-21,23-24,38-39,41,48H,4,7,10,13,16,19,22,25-37H2,1-3,5-6H3,(H,45,46)(H,49,50,51)/p-1/b9-8-,12-11-,15-14-,18-17-,21-20-,24-23-/t38-,39+,41?/m0/s1. The van der Waals surface area contributed by atoms with Crippen LogP contribution in [0.5, 0.6) is 0 Å². The molecule has 0 heterocycles. The van der Waals surface area contributed by atoms with E-state index in [-0.39, 0.29) is 25.4 Å². The molecule has 0 amide bonds. The summed E-state index contributed by atoms with van der Waals surface area (Å²) in [5.74, 6) is -0.560. The molecule has 0 saturated carbocycles. The van der Waals surface area contributed by atoms with Crippen LogP contribution in [0.15, 0.2) is 90.1 Å². The minimum Gasteiger partial charge on any atom is -0.862 e. The Morgan fingerprint density at radius 1 is 0.830 bits per heavy atom. The lowest BCUT2D eigenvalue weighted by molar-refractivity contribution is -0.218. The van der Waals surface area contributed by atoms with Crippen LogP contribution >= 0.6 is 0 Å². The Kier molecular flexibility index (Phi) is 29.6. The minimum absolute atomic E-state index is 0.0748. The second-order valence-corrected chi connectivity index (χ2v) is 16.4. The molecule has 0 fully saturated rings. The van der Waals surface area contributed by atoms with Crippen LogP contribution in [0.2, 0.25) is 0 Å². The number of allylic oxidation sites excluding steroid dienone is 12. The van der Waals surface area contributed by atoms with Crippen molar-refractivity contribution in [2.75, 3.05) is 12.3 Å². The van der Waals surface area contributed by atoms with Gasteiger partial charge in [0.15, 0.2) is 0 Å². The van der Waals surface area contributed by atoms with E-state index in [0.717, 1.165) is 77.0 Å². The fourth-order valence-electron chi connectivity index (χ4n) is 5.62. The highest BCUT2D eigenvalue weighted by molar-refractivity contribution is 7.85. The van der Waals surface area contributed by atoms with Gasteiger partial charge in [0, 0.05) is 12.8 Å². The summed E-state index contributed by atoms with van der Waals surface area (Å²) in [6.07, 6.45) is 38.7. The van der Waals surface area contributed by atoms with E-state index in [1.54, 1.807) is 0 Å². The van der Waals surface area contributed by atoms with Gasteiger partial charge in [-0.3, -0.25) is 9.35 Å². The van der Waals surface area contributed by atoms with Gasteiger partial charge >= 0.3 is 5.97 Å². The second kappa shape index (κ2) is 31.4. The lowest BCUT2D eigenvalue weighted by atomic mass is 9.90. The predicted molar refractivity (Wildman–Crippen MR) is 221 cm³/mol. The monoisotopic (exact) mass is 759 g/mol. The summed E-state index contributed by atoms with van der Waals surface area (Å²) in [5.41, 5.74) is -0.0654. The van der Waals surface area contributed by atoms with Crippen molar-refractivity contribution in [2.24, 2.45) is 16.8 Å². The number of ether oxygens (including phenoxy) is 1. The van der Waals surface area contributed by atoms with E-state index in [1.165, 1.54) is 0 Å². The second-order valence-electron chi connectivity index (χ2n) is 14.8. The third kappa shape index (κ3) is 37.1. The van der Waals surface area contributed by atoms with Gasteiger partial charge in [0.1, 0.15) is 6.10 Å². The normalized spacial score (nSPS) is 15.2. The highest BCUT2D eigenvalue weighted by Gasteiger charge is 2.19. The highest BCUT2D eigenvalue weighted by atomic mass is 32.2. The minimum atomic E-state index is -4.19. The van der Waals surface area contributed by atoms with E-state index in [1.807, 2.05) is 26.0 Å². The fourth-order valence-corrected chi connectivity index (χ4v) is 5.94. The first-order chi connectivity index (χ1) is 25.1. The molecular weight excluding hydrogens is 687 g/mol. The third-order valence-electron chi connectivity index (χ3n) is 8.51. The van der Waals surface area contributed by atoms with Crippen LogP contribution in [0.1, 0.15) is 144 Å².